The Morgan fingerprint density at radius 3 is 2.32 bits per heavy atom. The van der Waals surface area contributed by atoms with E-state index in [1.807, 2.05) is 26.0 Å². The van der Waals surface area contributed by atoms with Gasteiger partial charge in [-0.2, -0.15) is 0 Å². The molecule has 1 atom stereocenters. The zero-order chi connectivity index (χ0) is 14.0. The second kappa shape index (κ2) is 5.72. The molecule has 1 unspecified atom stereocenters. The smallest absolute Gasteiger partial charge is 0.123 e. The highest BCUT2D eigenvalue weighted by atomic mass is 35.5. The average molecular weight is 278 g/mol. The number of nitrogens with two attached hydrogens (primary N) is 1. The Hall–Kier alpha value is -1.38. The molecule has 1 nitrogen and oxygen atoms in total. The molecule has 19 heavy (non-hydrogen) atoms. The third-order valence-electron chi connectivity index (χ3n) is 3.38. The van der Waals surface area contributed by atoms with Gasteiger partial charge >= 0.3 is 0 Å². The molecule has 0 aliphatic heterocycles. The van der Waals surface area contributed by atoms with E-state index in [1.165, 1.54) is 17.7 Å². The van der Waals surface area contributed by atoms with Gasteiger partial charge in [-0.15, -0.1) is 0 Å². The molecule has 0 aromatic heterocycles. The van der Waals surface area contributed by atoms with Crippen molar-refractivity contribution < 1.29 is 4.39 Å². The van der Waals surface area contributed by atoms with Crippen molar-refractivity contribution in [3.8, 4) is 0 Å². The van der Waals surface area contributed by atoms with E-state index < -0.39 is 0 Å². The minimum Gasteiger partial charge on any atom is -0.324 e. The zero-order valence-corrected chi connectivity index (χ0v) is 11.8. The van der Waals surface area contributed by atoms with Crippen LogP contribution < -0.4 is 5.73 Å². The van der Waals surface area contributed by atoms with Crippen molar-refractivity contribution in [2.75, 3.05) is 0 Å². The van der Waals surface area contributed by atoms with Crippen LogP contribution in [0.4, 0.5) is 4.39 Å². The molecule has 2 N–H and O–H groups in total. The summed E-state index contributed by atoms with van der Waals surface area (Å²) in [6, 6.07) is 10.2. The van der Waals surface area contributed by atoms with Gasteiger partial charge in [-0.25, -0.2) is 4.39 Å². The highest BCUT2D eigenvalue weighted by Gasteiger charge is 2.12. The molecule has 3 heteroatoms. The quantitative estimate of drug-likeness (QED) is 0.887. The first-order chi connectivity index (χ1) is 8.97. The van der Waals surface area contributed by atoms with Crippen molar-refractivity contribution in [3.63, 3.8) is 0 Å². The molecule has 100 valence electrons. The highest BCUT2D eigenvalue weighted by Crippen LogP contribution is 2.27. The van der Waals surface area contributed by atoms with Crippen LogP contribution in [0.2, 0.25) is 5.02 Å². The van der Waals surface area contributed by atoms with Gasteiger partial charge in [-0.3, -0.25) is 0 Å². The predicted molar refractivity (Wildman–Crippen MR) is 78.0 cm³/mol. The van der Waals surface area contributed by atoms with Gasteiger partial charge < -0.3 is 5.73 Å². The van der Waals surface area contributed by atoms with E-state index in [0.29, 0.717) is 11.4 Å². The molecular weight excluding hydrogens is 261 g/mol. The fraction of sp³-hybridized carbons (Fsp3) is 0.250. The number of halogens is 2. The standard InChI is InChI=1S/C16H17ClFN/c1-10-7-14(15(17)8-11(10)2)16(19)9-12-3-5-13(18)6-4-12/h3-8,16H,9,19H2,1-2H3. The Balaban J connectivity index is 2.22. The van der Waals surface area contributed by atoms with E-state index in [1.54, 1.807) is 12.1 Å². The van der Waals surface area contributed by atoms with E-state index in [9.17, 15) is 4.39 Å². The van der Waals surface area contributed by atoms with Crippen molar-refractivity contribution in [1.82, 2.24) is 0 Å². The van der Waals surface area contributed by atoms with E-state index in [4.69, 9.17) is 17.3 Å². The Kier molecular flexibility index (Phi) is 4.23. The van der Waals surface area contributed by atoms with Crippen LogP contribution in [0.15, 0.2) is 36.4 Å². The lowest BCUT2D eigenvalue weighted by Gasteiger charge is -2.16. The molecule has 2 aromatic carbocycles. The van der Waals surface area contributed by atoms with Crippen LogP contribution in [0.3, 0.4) is 0 Å². The van der Waals surface area contributed by atoms with Crippen LogP contribution >= 0.6 is 11.6 Å². The van der Waals surface area contributed by atoms with Gasteiger partial charge in [-0.1, -0.05) is 29.8 Å². The van der Waals surface area contributed by atoms with Crippen molar-refractivity contribution in [2.45, 2.75) is 26.3 Å². The summed E-state index contributed by atoms with van der Waals surface area (Å²) < 4.78 is 12.9. The molecule has 0 aliphatic rings. The van der Waals surface area contributed by atoms with E-state index in [0.717, 1.165) is 16.7 Å². The summed E-state index contributed by atoms with van der Waals surface area (Å²) in [5.74, 6) is -0.235. The molecule has 2 rings (SSSR count). The topological polar surface area (TPSA) is 26.0 Å². The van der Waals surface area contributed by atoms with Gasteiger partial charge in [0.05, 0.1) is 0 Å². The highest BCUT2D eigenvalue weighted by molar-refractivity contribution is 6.31. The van der Waals surface area contributed by atoms with Gasteiger partial charge in [0, 0.05) is 11.1 Å². The molecule has 0 aliphatic carbocycles. The monoisotopic (exact) mass is 277 g/mol. The minimum absolute atomic E-state index is 0.183. The SMILES string of the molecule is Cc1cc(Cl)c(C(N)Cc2ccc(F)cc2)cc1C. The van der Waals surface area contributed by atoms with Crippen LogP contribution in [-0.4, -0.2) is 0 Å². The Morgan fingerprint density at radius 2 is 1.68 bits per heavy atom. The summed E-state index contributed by atoms with van der Waals surface area (Å²) in [6.45, 7) is 4.07. The van der Waals surface area contributed by atoms with Crippen LogP contribution in [0.25, 0.3) is 0 Å². The van der Waals surface area contributed by atoms with E-state index in [2.05, 4.69) is 0 Å². The van der Waals surface area contributed by atoms with E-state index in [-0.39, 0.29) is 11.9 Å². The summed E-state index contributed by atoms with van der Waals surface area (Å²) in [7, 11) is 0. The maximum Gasteiger partial charge on any atom is 0.123 e. The van der Waals surface area contributed by atoms with Crippen molar-refractivity contribution >= 4 is 11.6 Å². The van der Waals surface area contributed by atoms with Crippen molar-refractivity contribution in [2.24, 2.45) is 5.73 Å². The summed E-state index contributed by atoms with van der Waals surface area (Å²) in [4.78, 5) is 0. The lowest BCUT2D eigenvalue weighted by molar-refractivity contribution is 0.625. The van der Waals surface area contributed by atoms with Crippen LogP contribution in [0, 0.1) is 19.7 Å². The Bertz CT molecular complexity index is 578. The Morgan fingerprint density at radius 1 is 1.11 bits per heavy atom. The predicted octanol–water partition coefficient (Wildman–Crippen LogP) is 4.34. The number of hydrogen-bond donors (Lipinski definition) is 1. The molecule has 0 spiro atoms. The van der Waals surface area contributed by atoms with Crippen LogP contribution in [0.5, 0.6) is 0 Å². The number of hydrogen-bond acceptors (Lipinski definition) is 1. The fourth-order valence-electron chi connectivity index (χ4n) is 2.07. The first-order valence-corrected chi connectivity index (χ1v) is 6.62. The maximum atomic E-state index is 12.9. The van der Waals surface area contributed by atoms with Crippen LogP contribution in [0.1, 0.15) is 28.3 Å². The molecule has 0 amide bonds. The van der Waals surface area contributed by atoms with Gasteiger partial charge in [0.2, 0.25) is 0 Å². The van der Waals surface area contributed by atoms with Gasteiger partial charge in [0.15, 0.2) is 0 Å². The minimum atomic E-state index is -0.235. The molecule has 0 fully saturated rings. The molecule has 2 aromatic rings. The summed E-state index contributed by atoms with van der Waals surface area (Å²) in [5, 5.41) is 0.692. The number of rotatable bonds is 3. The summed E-state index contributed by atoms with van der Waals surface area (Å²) >= 11 is 6.25. The first-order valence-electron chi connectivity index (χ1n) is 6.24. The number of benzene rings is 2. The van der Waals surface area contributed by atoms with Gasteiger partial charge in [0.25, 0.3) is 0 Å². The molecular formula is C16H17ClFN. The van der Waals surface area contributed by atoms with E-state index >= 15 is 0 Å². The van der Waals surface area contributed by atoms with Gasteiger partial charge in [-0.05, 0) is 60.7 Å². The molecule has 0 radical (unpaired) electrons. The second-order valence-electron chi connectivity index (χ2n) is 4.90. The summed E-state index contributed by atoms with van der Waals surface area (Å²) in [5.41, 5.74) is 10.5. The maximum absolute atomic E-state index is 12.9. The molecule has 0 saturated carbocycles. The van der Waals surface area contributed by atoms with Crippen molar-refractivity contribution in [3.05, 3.63) is 69.5 Å². The summed E-state index contributed by atoms with van der Waals surface area (Å²) in [6.07, 6.45) is 0.641. The second-order valence-corrected chi connectivity index (χ2v) is 5.30. The zero-order valence-electron chi connectivity index (χ0n) is 11.1. The lowest BCUT2D eigenvalue weighted by Crippen LogP contribution is -2.14. The first kappa shape index (κ1) is 14.0. The fourth-order valence-corrected chi connectivity index (χ4v) is 2.43. The lowest BCUT2D eigenvalue weighted by atomic mass is 9.96. The Labute approximate surface area is 118 Å². The molecule has 0 saturated heterocycles. The third-order valence-corrected chi connectivity index (χ3v) is 3.71. The third kappa shape index (κ3) is 3.34. The van der Waals surface area contributed by atoms with Crippen LogP contribution in [-0.2, 0) is 6.42 Å². The number of aryl methyl sites for hydroxylation is 2. The molecule has 0 heterocycles. The molecule has 0 bridgehead atoms. The normalized spacial score (nSPS) is 12.5. The van der Waals surface area contributed by atoms with Gasteiger partial charge in [0.1, 0.15) is 5.82 Å². The average Bonchev–Trinajstić information content (AvgIpc) is 2.36. The largest absolute Gasteiger partial charge is 0.324 e. The van der Waals surface area contributed by atoms with Crippen molar-refractivity contribution in [1.29, 1.82) is 0 Å².